The Balaban J connectivity index is 2.31. The largest absolute Gasteiger partial charge is 0.465 e. The van der Waals surface area contributed by atoms with Crippen molar-refractivity contribution in [3.63, 3.8) is 0 Å². The number of ether oxygens (including phenoxy) is 1. The van der Waals surface area contributed by atoms with Crippen molar-refractivity contribution in [2.24, 2.45) is 5.92 Å². The molecule has 1 fully saturated rings. The number of rotatable bonds is 5. The molecule has 150 valence electrons. The molecule has 0 spiro atoms. The number of nitrogens with zero attached hydrogens (tertiary/aromatic N) is 2. The van der Waals surface area contributed by atoms with Gasteiger partial charge in [-0.3, -0.25) is 4.79 Å². The van der Waals surface area contributed by atoms with Gasteiger partial charge in [-0.05, 0) is 57.3 Å². The van der Waals surface area contributed by atoms with Crippen LogP contribution in [0.25, 0.3) is 0 Å². The van der Waals surface area contributed by atoms with Gasteiger partial charge >= 0.3 is 5.97 Å². The summed E-state index contributed by atoms with van der Waals surface area (Å²) in [5.41, 5.74) is 1.03. The van der Waals surface area contributed by atoms with Crippen LogP contribution in [-0.4, -0.2) is 60.1 Å². The summed E-state index contributed by atoms with van der Waals surface area (Å²) in [6.45, 7) is 11.0. The molecule has 1 aromatic rings. The number of nitrogens with one attached hydrogen (secondary N) is 1. The Morgan fingerprint density at radius 3 is 2.41 bits per heavy atom. The van der Waals surface area contributed by atoms with Crippen molar-refractivity contribution in [1.29, 1.82) is 0 Å². The zero-order chi connectivity index (χ0) is 20.1. The standard InChI is InChI=1S/C19H29N3O3S2/c1-6-21(7-2)17(23)15-13(4)14(18(24)25-5)16(27-15)20-19(26)22-10-8-12(3)9-11-22/h12H,6-11H2,1-5H3,(H,20,26). The molecule has 0 saturated carbocycles. The van der Waals surface area contributed by atoms with Crippen molar-refractivity contribution in [1.82, 2.24) is 9.80 Å². The van der Waals surface area contributed by atoms with Gasteiger partial charge in [0.15, 0.2) is 5.11 Å². The van der Waals surface area contributed by atoms with Crippen LogP contribution in [0.5, 0.6) is 0 Å². The van der Waals surface area contributed by atoms with Crippen LogP contribution in [0.15, 0.2) is 0 Å². The fraction of sp³-hybridized carbons (Fsp3) is 0.632. The van der Waals surface area contributed by atoms with E-state index in [0.29, 0.717) is 45.1 Å². The Labute approximate surface area is 170 Å². The molecule has 0 aromatic carbocycles. The third kappa shape index (κ3) is 4.79. The molecule has 27 heavy (non-hydrogen) atoms. The number of carbonyl (C=O) groups excluding carboxylic acids is 2. The fourth-order valence-electron chi connectivity index (χ4n) is 3.20. The minimum Gasteiger partial charge on any atom is -0.465 e. The lowest BCUT2D eigenvalue weighted by molar-refractivity contribution is 0.0601. The first-order valence-corrected chi connectivity index (χ1v) is 10.6. The van der Waals surface area contributed by atoms with E-state index in [9.17, 15) is 9.59 Å². The molecular formula is C19H29N3O3S2. The number of amides is 1. The Bertz CT molecular complexity index is 705. The molecule has 2 heterocycles. The van der Waals surface area contributed by atoms with Gasteiger partial charge in [0.25, 0.3) is 5.91 Å². The molecule has 0 radical (unpaired) electrons. The summed E-state index contributed by atoms with van der Waals surface area (Å²) in [5.74, 6) is 0.176. The van der Waals surface area contributed by atoms with Crippen molar-refractivity contribution in [2.75, 3.05) is 38.6 Å². The van der Waals surface area contributed by atoms with Crippen LogP contribution in [0.1, 0.15) is 59.2 Å². The zero-order valence-electron chi connectivity index (χ0n) is 16.8. The number of hydrogen-bond donors (Lipinski definition) is 1. The second-order valence-corrected chi connectivity index (χ2v) is 8.24. The van der Waals surface area contributed by atoms with Crippen LogP contribution in [0, 0.1) is 12.8 Å². The summed E-state index contributed by atoms with van der Waals surface area (Å²) in [7, 11) is 1.35. The van der Waals surface area contributed by atoms with Crippen LogP contribution < -0.4 is 5.32 Å². The molecule has 1 aromatic heterocycles. The average molecular weight is 412 g/mol. The zero-order valence-corrected chi connectivity index (χ0v) is 18.4. The first kappa shape index (κ1) is 21.6. The summed E-state index contributed by atoms with van der Waals surface area (Å²) in [6.07, 6.45) is 2.20. The van der Waals surface area contributed by atoms with Crippen molar-refractivity contribution < 1.29 is 14.3 Å². The van der Waals surface area contributed by atoms with E-state index < -0.39 is 5.97 Å². The fourth-order valence-corrected chi connectivity index (χ4v) is 4.71. The molecule has 2 rings (SSSR count). The second kappa shape index (κ2) is 9.50. The van der Waals surface area contributed by atoms with Gasteiger partial charge in [-0.15, -0.1) is 11.3 Å². The summed E-state index contributed by atoms with van der Waals surface area (Å²) in [5, 5.41) is 4.38. The number of hydrogen-bond acceptors (Lipinski definition) is 5. The van der Waals surface area contributed by atoms with Gasteiger partial charge < -0.3 is 19.9 Å². The molecule has 8 heteroatoms. The lowest BCUT2D eigenvalue weighted by Gasteiger charge is -2.32. The van der Waals surface area contributed by atoms with Crippen LogP contribution in [-0.2, 0) is 4.74 Å². The van der Waals surface area contributed by atoms with Crippen molar-refractivity contribution in [2.45, 2.75) is 40.5 Å². The molecule has 0 bridgehead atoms. The number of anilines is 1. The number of thiophene rings is 1. The van der Waals surface area contributed by atoms with Gasteiger partial charge in [0.1, 0.15) is 5.00 Å². The number of thiocarbonyl (C=S) groups is 1. The maximum absolute atomic E-state index is 12.8. The van der Waals surface area contributed by atoms with E-state index in [4.69, 9.17) is 17.0 Å². The highest BCUT2D eigenvalue weighted by molar-refractivity contribution is 7.80. The Hall–Kier alpha value is -1.67. The van der Waals surface area contributed by atoms with Crippen LogP contribution in [0.2, 0.25) is 0 Å². The van der Waals surface area contributed by atoms with Gasteiger partial charge in [-0.1, -0.05) is 6.92 Å². The molecule has 1 amide bonds. The Kier molecular flexibility index (Phi) is 7.61. The van der Waals surface area contributed by atoms with Crippen molar-refractivity contribution in [3.05, 3.63) is 16.0 Å². The van der Waals surface area contributed by atoms with Gasteiger partial charge in [-0.2, -0.15) is 0 Å². The molecule has 0 aliphatic carbocycles. The van der Waals surface area contributed by atoms with Crippen molar-refractivity contribution >= 4 is 45.5 Å². The van der Waals surface area contributed by atoms with E-state index in [1.54, 1.807) is 11.8 Å². The SMILES string of the molecule is CCN(CC)C(=O)c1sc(NC(=S)N2CCC(C)CC2)c(C(=O)OC)c1C. The van der Waals surface area contributed by atoms with Gasteiger partial charge in [0.2, 0.25) is 0 Å². The number of carbonyl (C=O) groups is 2. The van der Waals surface area contributed by atoms with Crippen LogP contribution >= 0.6 is 23.6 Å². The molecule has 0 atom stereocenters. The Morgan fingerprint density at radius 2 is 1.89 bits per heavy atom. The normalized spacial score (nSPS) is 14.8. The number of likely N-dealkylation sites (tertiary alicyclic amines) is 1. The predicted molar refractivity (Wildman–Crippen MR) is 114 cm³/mol. The average Bonchev–Trinajstić information content (AvgIpc) is 2.98. The predicted octanol–water partition coefficient (Wildman–Crippen LogP) is 3.75. The molecule has 1 aliphatic heterocycles. The van der Waals surface area contributed by atoms with E-state index in [0.717, 1.165) is 25.9 Å². The maximum Gasteiger partial charge on any atom is 0.341 e. The van der Waals surface area contributed by atoms with Gasteiger partial charge in [0, 0.05) is 26.2 Å². The van der Waals surface area contributed by atoms with E-state index in [2.05, 4.69) is 17.1 Å². The first-order valence-electron chi connectivity index (χ1n) is 9.40. The lowest BCUT2D eigenvalue weighted by Crippen LogP contribution is -2.40. The first-order chi connectivity index (χ1) is 12.8. The van der Waals surface area contributed by atoms with Gasteiger partial charge in [0.05, 0.1) is 17.6 Å². The third-order valence-electron chi connectivity index (χ3n) is 5.07. The van der Waals surface area contributed by atoms with E-state index in [1.165, 1.54) is 18.4 Å². The van der Waals surface area contributed by atoms with Crippen LogP contribution in [0.3, 0.4) is 0 Å². The molecule has 1 saturated heterocycles. The summed E-state index contributed by atoms with van der Waals surface area (Å²) in [4.78, 5) is 29.6. The lowest BCUT2D eigenvalue weighted by atomic mass is 10.00. The summed E-state index contributed by atoms with van der Waals surface area (Å²) < 4.78 is 4.95. The summed E-state index contributed by atoms with van der Waals surface area (Å²) in [6, 6.07) is 0. The molecule has 0 unspecified atom stereocenters. The molecule has 1 aliphatic rings. The third-order valence-corrected chi connectivity index (χ3v) is 6.63. The summed E-state index contributed by atoms with van der Waals surface area (Å²) >= 11 is 6.84. The number of piperidine rings is 1. The molecule has 1 N–H and O–H groups in total. The monoisotopic (exact) mass is 411 g/mol. The quantitative estimate of drug-likeness (QED) is 0.588. The highest BCUT2D eigenvalue weighted by atomic mass is 32.1. The van der Waals surface area contributed by atoms with E-state index in [1.807, 2.05) is 13.8 Å². The highest BCUT2D eigenvalue weighted by Gasteiger charge is 2.28. The molecule has 6 nitrogen and oxygen atoms in total. The number of methoxy groups -OCH3 is 1. The van der Waals surface area contributed by atoms with E-state index >= 15 is 0 Å². The molecular weight excluding hydrogens is 382 g/mol. The maximum atomic E-state index is 12.8. The smallest absolute Gasteiger partial charge is 0.341 e. The van der Waals surface area contributed by atoms with E-state index in [-0.39, 0.29) is 5.91 Å². The highest BCUT2D eigenvalue weighted by Crippen LogP contribution is 2.35. The van der Waals surface area contributed by atoms with Crippen molar-refractivity contribution in [3.8, 4) is 0 Å². The minimum absolute atomic E-state index is 0.0709. The Morgan fingerprint density at radius 1 is 1.30 bits per heavy atom. The minimum atomic E-state index is -0.458. The van der Waals surface area contributed by atoms with Crippen LogP contribution in [0.4, 0.5) is 5.00 Å². The van der Waals surface area contributed by atoms with Gasteiger partial charge in [-0.25, -0.2) is 4.79 Å². The topological polar surface area (TPSA) is 61.9 Å². The second-order valence-electron chi connectivity index (χ2n) is 6.83. The number of esters is 1.